The zero-order valence-electron chi connectivity index (χ0n) is 8.44. The lowest BCUT2D eigenvalue weighted by Gasteiger charge is -2.09. The SMILES string of the molecule is CCC(N)C1C(C)(C)C1(C)C. The van der Waals surface area contributed by atoms with Crippen molar-refractivity contribution in [3.63, 3.8) is 0 Å². The first kappa shape index (κ1) is 9.05. The summed E-state index contributed by atoms with van der Waals surface area (Å²) in [6.07, 6.45) is 1.11. The lowest BCUT2D eigenvalue weighted by atomic mass is 10.0. The van der Waals surface area contributed by atoms with E-state index in [9.17, 15) is 0 Å². The standard InChI is InChI=1S/C10H21N/c1-6-7(11)8-9(2,3)10(8,4)5/h7-8H,6,11H2,1-5H3. The molecule has 1 rings (SSSR count). The Morgan fingerprint density at radius 2 is 1.55 bits per heavy atom. The molecular formula is C10H21N. The molecule has 1 atom stereocenters. The summed E-state index contributed by atoms with van der Waals surface area (Å²) in [5, 5.41) is 0. The van der Waals surface area contributed by atoms with Crippen molar-refractivity contribution < 1.29 is 0 Å². The third-order valence-electron chi connectivity index (χ3n) is 4.03. The number of rotatable bonds is 2. The Balaban J connectivity index is 2.67. The molecule has 1 aliphatic rings. The van der Waals surface area contributed by atoms with Gasteiger partial charge in [0.2, 0.25) is 0 Å². The Morgan fingerprint density at radius 1 is 1.18 bits per heavy atom. The summed E-state index contributed by atoms with van der Waals surface area (Å²) < 4.78 is 0. The van der Waals surface area contributed by atoms with Gasteiger partial charge in [0.1, 0.15) is 0 Å². The zero-order chi connectivity index (χ0) is 8.86. The normalized spacial score (nSPS) is 30.0. The van der Waals surface area contributed by atoms with Crippen LogP contribution in [0.4, 0.5) is 0 Å². The van der Waals surface area contributed by atoms with Gasteiger partial charge in [0.15, 0.2) is 0 Å². The molecule has 0 aliphatic heterocycles. The van der Waals surface area contributed by atoms with Gasteiger partial charge in [0.25, 0.3) is 0 Å². The highest BCUT2D eigenvalue weighted by Crippen LogP contribution is 2.69. The van der Waals surface area contributed by atoms with Gasteiger partial charge in [0.05, 0.1) is 0 Å². The molecule has 1 saturated carbocycles. The van der Waals surface area contributed by atoms with E-state index in [1.165, 1.54) is 0 Å². The first-order chi connectivity index (χ1) is 4.85. The fourth-order valence-corrected chi connectivity index (χ4v) is 2.55. The van der Waals surface area contributed by atoms with Gasteiger partial charge in [0, 0.05) is 6.04 Å². The molecule has 0 aromatic rings. The molecule has 1 fully saturated rings. The molecule has 2 N–H and O–H groups in total. The van der Waals surface area contributed by atoms with E-state index in [1.54, 1.807) is 0 Å². The molecule has 0 radical (unpaired) electrons. The van der Waals surface area contributed by atoms with Crippen molar-refractivity contribution in [2.45, 2.75) is 47.1 Å². The monoisotopic (exact) mass is 155 g/mol. The maximum atomic E-state index is 6.03. The van der Waals surface area contributed by atoms with Crippen LogP contribution in [0.2, 0.25) is 0 Å². The molecule has 0 bridgehead atoms. The largest absolute Gasteiger partial charge is 0.327 e. The van der Waals surface area contributed by atoms with Crippen LogP contribution in [0.1, 0.15) is 41.0 Å². The van der Waals surface area contributed by atoms with Crippen LogP contribution in [0, 0.1) is 16.7 Å². The van der Waals surface area contributed by atoms with Crippen LogP contribution in [0.3, 0.4) is 0 Å². The minimum absolute atomic E-state index is 0.403. The minimum Gasteiger partial charge on any atom is -0.327 e. The Labute approximate surface area is 70.4 Å². The fraction of sp³-hybridized carbons (Fsp3) is 1.00. The van der Waals surface area contributed by atoms with E-state index in [4.69, 9.17) is 5.73 Å². The average molecular weight is 155 g/mol. The first-order valence-electron chi connectivity index (χ1n) is 4.61. The first-order valence-corrected chi connectivity index (χ1v) is 4.61. The maximum absolute atomic E-state index is 6.03. The van der Waals surface area contributed by atoms with Gasteiger partial charge < -0.3 is 5.73 Å². The summed E-state index contributed by atoms with van der Waals surface area (Å²) in [6, 6.07) is 0.403. The predicted molar refractivity (Wildman–Crippen MR) is 49.3 cm³/mol. The average Bonchev–Trinajstić information content (AvgIpc) is 2.24. The summed E-state index contributed by atoms with van der Waals surface area (Å²) in [4.78, 5) is 0. The molecule has 0 saturated heterocycles. The van der Waals surface area contributed by atoms with Crippen LogP contribution in [-0.4, -0.2) is 6.04 Å². The van der Waals surface area contributed by atoms with Gasteiger partial charge in [-0.3, -0.25) is 0 Å². The summed E-state index contributed by atoms with van der Waals surface area (Å²) >= 11 is 0. The van der Waals surface area contributed by atoms with Crippen LogP contribution < -0.4 is 5.73 Å². The highest BCUT2D eigenvalue weighted by atomic mass is 14.8. The molecule has 1 aliphatic carbocycles. The van der Waals surface area contributed by atoms with Crippen LogP contribution in [0.5, 0.6) is 0 Å². The van der Waals surface area contributed by atoms with E-state index in [2.05, 4.69) is 34.6 Å². The second kappa shape index (κ2) is 2.22. The lowest BCUT2D eigenvalue weighted by molar-refractivity contribution is 0.457. The molecule has 1 heteroatoms. The van der Waals surface area contributed by atoms with Crippen molar-refractivity contribution in [3.8, 4) is 0 Å². The van der Waals surface area contributed by atoms with Crippen LogP contribution >= 0.6 is 0 Å². The van der Waals surface area contributed by atoms with E-state index in [-0.39, 0.29) is 0 Å². The van der Waals surface area contributed by atoms with E-state index < -0.39 is 0 Å². The quantitative estimate of drug-likeness (QED) is 0.651. The van der Waals surface area contributed by atoms with Crippen LogP contribution in [-0.2, 0) is 0 Å². The van der Waals surface area contributed by atoms with Gasteiger partial charge in [-0.1, -0.05) is 34.6 Å². The summed E-state index contributed by atoms with van der Waals surface area (Å²) in [7, 11) is 0. The third-order valence-corrected chi connectivity index (χ3v) is 4.03. The van der Waals surface area contributed by atoms with Crippen molar-refractivity contribution in [2.75, 3.05) is 0 Å². The van der Waals surface area contributed by atoms with Gasteiger partial charge in [-0.2, -0.15) is 0 Å². The molecular weight excluding hydrogens is 134 g/mol. The van der Waals surface area contributed by atoms with Crippen molar-refractivity contribution in [1.29, 1.82) is 0 Å². The van der Waals surface area contributed by atoms with E-state index in [1.807, 2.05) is 0 Å². The number of hydrogen-bond acceptors (Lipinski definition) is 1. The lowest BCUT2D eigenvalue weighted by Crippen LogP contribution is -2.24. The van der Waals surface area contributed by atoms with Crippen LogP contribution in [0.15, 0.2) is 0 Å². The Morgan fingerprint density at radius 3 is 1.64 bits per heavy atom. The Kier molecular flexibility index (Phi) is 1.83. The van der Waals surface area contributed by atoms with E-state index >= 15 is 0 Å². The highest BCUT2D eigenvalue weighted by Gasteiger charge is 2.65. The summed E-state index contributed by atoms with van der Waals surface area (Å²) in [6.45, 7) is 11.5. The molecule has 0 aromatic carbocycles. The van der Waals surface area contributed by atoms with Gasteiger partial charge >= 0.3 is 0 Å². The second-order valence-electron chi connectivity index (χ2n) is 4.99. The number of nitrogens with two attached hydrogens (primary N) is 1. The van der Waals surface area contributed by atoms with E-state index in [0.717, 1.165) is 12.3 Å². The topological polar surface area (TPSA) is 26.0 Å². The predicted octanol–water partition coefficient (Wildman–Crippen LogP) is 2.41. The second-order valence-corrected chi connectivity index (χ2v) is 4.99. The van der Waals surface area contributed by atoms with Gasteiger partial charge in [-0.15, -0.1) is 0 Å². The summed E-state index contributed by atoms with van der Waals surface area (Å²) in [5.74, 6) is 0.722. The molecule has 1 unspecified atom stereocenters. The van der Waals surface area contributed by atoms with Crippen LogP contribution in [0.25, 0.3) is 0 Å². The maximum Gasteiger partial charge on any atom is 0.00751 e. The highest BCUT2D eigenvalue weighted by molar-refractivity contribution is 5.15. The molecule has 11 heavy (non-hydrogen) atoms. The van der Waals surface area contributed by atoms with Crippen molar-refractivity contribution in [1.82, 2.24) is 0 Å². The molecule has 0 heterocycles. The number of hydrogen-bond donors (Lipinski definition) is 1. The Hall–Kier alpha value is -0.0400. The molecule has 66 valence electrons. The smallest absolute Gasteiger partial charge is 0.00751 e. The fourth-order valence-electron chi connectivity index (χ4n) is 2.55. The van der Waals surface area contributed by atoms with Crippen molar-refractivity contribution in [2.24, 2.45) is 22.5 Å². The minimum atomic E-state index is 0.403. The van der Waals surface area contributed by atoms with Gasteiger partial charge in [-0.25, -0.2) is 0 Å². The third kappa shape index (κ3) is 1.01. The molecule has 0 amide bonds. The van der Waals surface area contributed by atoms with Crippen molar-refractivity contribution >= 4 is 0 Å². The molecule has 0 spiro atoms. The summed E-state index contributed by atoms with van der Waals surface area (Å²) in [5.41, 5.74) is 6.95. The molecule has 0 aromatic heterocycles. The Bertz CT molecular complexity index is 144. The van der Waals surface area contributed by atoms with E-state index in [0.29, 0.717) is 16.9 Å². The van der Waals surface area contributed by atoms with Crippen molar-refractivity contribution in [3.05, 3.63) is 0 Å². The van der Waals surface area contributed by atoms with Gasteiger partial charge in [-0.05, 0) is 23.2 Å². The zero-order valence-corrected chi connectivity index (χ0v) is 8.44. The molecule has 1 nitrogen and oxygen atoms in total.